The number of hydrogen-bond donors (Lipinski definition) is 1. The normalized spacial score (nSPS) is 13.1. The van der Waals surface area contributed by atoms with Gasteiger partial charge in [0.25, 0.3) is 0 Å². The zero-order valence-corrected chi connectivity index (χ0v) is 8.18. The number of nitrogens with zero attached hydrogens (tertiary/aromatic N) is 1. The van der Waals surface area contributed by atoms with Crippen molar-refractivity contribution in [2.75, 3.05) is 0 Å². The lowest BCUT2D eigenvalue weighted by Crippen LogP contribution is -2.10. The van der Waals surface area contributed by atoms with Crippen molar-refractivity contribution >= 4 is 0 Å². The monoisotopic (exact) mass is 164 g/mol. The van der Waals surface area contributed by atoms with Crippen molar-refractivity contribution in [2.24, 2.45) is 5.73 Å². The third-order valence-corrected chi connectivity index (χ3v) is 2.04. The van der Waals surface area contributed by atoms with Crippen LogP contribution in [0.15, 0.2) is 6.07 Å². The summed E-state index contributed by atoms with van der Waals surface area (Å²) < 4.78 is 0. The van der Waals surface area contributed by atoms with E-state index >= 15 is 0 Å². The van der Waals surface area contributed by atoms with Crippen LogP contribution in [0.5, 0.6) is 0 Å². The zero-order valence-electron chi connectivity index (χ0n) is 8.18. The molecule has 2 N–H and O–H groups in total. The highest BCUT2D eigenvalue weighted by Gasteiger charge is 2.08. The Kier molecular flexibility index (Phi) is 2.48. The highest BCUT2D eigenvalue weighted by atomic mass is 14.7. The minimum atomic E-state index is 0.0816. The van der Waals surface area contributed by atoms with Crippen LogP contribution in [-0.4, -0.2) is 4.98 Å². The molecule has 1 heterocycles. The van der Waals surface area contributed by atoms with Crippen LogP contribution in [0.1, 0.15) is 35.5 Å². The van der Waals surface area contributed by atoms with Crippen LogP contribution in [0.2, 0.25) is 0 Å². The lowest BCUT2D eigenvalue weighted by atomic mass is 10.0. The Morgan fingerprint density at radius 3 is 2.33 bits per heavy atom. The molecular weight excluding hydrogens is 148 g/mol. The highest BCUT2D eigenvalue weighted by Crippen LogP contribution is 2.18. The molecular formula is C10H16N2. The maximum atomic E-state index is 5.83. The van der Waals surface area contributed by atoms with Crippen LogP contribution in [-0.2, 0) is 0 Å². The SMILES string of the molecule is Cc1cc(C)c([C@@H](C)N)c(C)n1. The van der Waals surface area contributed by atoms with Gasteiger partial charge in [-0.2, -0.15) is 0 Å². The van der Waals surface area contributed by atoms with Gasteiger partial charge in [-0.1, -0.05) is 0 Å². The molecule has 1 aromatic rings. The molecule has 0 spiro atoms. The van der Waals surface area contributed by atoms with Gasteiger partial charge >= 0.3 is 0 Å². The molecule has 0 saturated heterocycles. The standard InChI is InChI=1S/C10H16N2/c1-6-5-7(2)12-9(4)10(6)8(3)11/h5,8H,11H2,1-4H3/t8-/m1/s1. The summed E-state index contributed by atoms with van der Waals surface area (Å²) in [6, 6.07) is 2.16. The summed E-state index contributed by atoms with van der Waals surface area (Å²) in [7, 11) is 0. The van der Waals surface area contributed by atoms with Crippen molar-refractivity contribution in [3.63, 3.8) is 0 Å². The molecule has 0 bridgehead atoms. The number of rotatable bonds is 1. The first-order valence-electron chi connectivity index (χ1n) is 4.22. The van der Waals surface area contributed by atoms with Gasteiger partial charge in [0.05, 0.1) is 0 Å². The second-order valence-corrected chi connectivity index (χ2v) is 3.37. The minimum absolute atomic E-state index is 0.0816. The number of pyridine rings is 1. The van der Waals surface area contributed by atoms with Crippen molar-refractivity contribution in [2.45, 2.75) is 33.7 Å². The van der Waals surface area contributed by atoms with E-state index in [0.717, 1.165) is 11.4 Å². The zero-order chi connectivity index (χ0) is 9.30. The van der Waals surface area contributed by atoms with Crippen molar-refractivity contribution in [3.8, 4) is 0 Å². The lowest BCUT2D eigenvalue weighted by molar-refractivity contribution is 0.787. The van der Waals surface area contributed by atoms with E-state index in [1.54, 1.807) is 0 Å². The first-order valence-corrected chi connectivity index (χ1v) is 4.22. The van der Waals surface area contributed by atoms with E-state index in [2.05, 4.69) is 18.0 Å². The molecule has 0 aliphatic carbocycles. The van der Waals surface area contributed by atoms with E-state index < -0.39 is 0 Å². The summed E-state index contributed by atoms with van der Waals surface area (Å²) in [5.41, 5.74) is 10.4. The fraction of sp³-hybridized carbons (Fsp3) is 0.500. The van der Waals surface area contributed by atoms with Gasteiger partial charge in [-0.15, -0.1) is 0 Å². The van der Waals surface area contributed by atoms with Gasteiger partial charge in [0.2, 0.25) is 0 Å². The Morgan fingerprint density at radius 1 is 1.33 bits per heavy atom. The van der Waals surface area contributed by atoms with Gasteiger partial charge in [-0.25, -0.2) is 0 Å². The number of aryl methyl sites for hydroxylation is 3. The molecule has 2 nitrogen and oxygen atoms in total. The maximum absolute atomic E-state index is 5.83. The van der Waals surface area contributed by atoms with E-state index in [1.165, 1.54) is 11.1 Å². The molecule has 0 radical (unpaired) electrons. The van der Waals surface area contributed by atoms with Crippen molar-refractivity contribution in [1.29, 1.82) is 0 Å². The molecule has 0 aliphatic rings. The van der Waals surface area contributed by atoms with Gasteiger partial charge < -0.3 is 5.73 Å². The molecule has 0 aliphatic heterocycles. The van der Waals surface area contributed by atoms with E-state index in [1.807, 2.05) is 20.8 Å². The Balaban J connectivity index is 3.28. The summed E-state index contributed by atoms with van der Waals surface area (Å²) in [4.78, 5) is 4.38. The molecule has 2 heteroatoms. The Hall–Kier alpha value is -0.890. The van der Waals surface area contributed by atoms with E-state index in [0.29, 0.717) is 0 Å². The molecule has 0 saturated carbocycles. The summed E-state index contributed by atoms with van der Waals surface area (Å²) in [6.45, 7) is 8.09. The predicted octanol–water partition coefficient (Wildman–Crippen LogP) is 2.03. The number of aromatic nitrogens is 1. The quantitative estimate of drug-likeness (QED) is 0.689. The van der Waals surface area contributed by atoms with Crippen molar-refractivity contribution in [3.05, 3.63) is 28.6 Å². The molecule has 66 valence electrons. The number of hydrogen-bond acceptors (Lipinski definition) is 2. The molecule has 0 amide bonds. The fourth-order valence-electron chi connectivity index (χ4n) is 1.72. The van der Waals surface area contributed by atoms with E-state index in [4.69, 9.17) is 5.73 Å². The predicted molar refractivity (Wildman–Crippen MR) is 51.1 cm³/mol. The largest absolute Gasteiger partial charge is 0.324 e. The molecule has 12 heavy (non-hydrogen) atoms. The van der Waals surface area contributed by atoms with Crippen LogP contribution >= 0.6 is 0 Å². The molecule has 1 aromatic heterocycles. The Labute approximate surface area is 73.8 Å². The molecule has 1 atom stereocenters. The van der Waals surface area contributed by atoms with Crippen LogP contribution < -0.4 is 5.73 Å². The molecule has 0 unspecified atom stereocenters. The van der Waals surface area contributed by atoms with Gasteiger partial charge in [-0.05, 0) is 44.9 Å². The fourth-order valence-corrected chi connectivity index (χ4v) is 1.72. The van der Waals surface area contributed by atoms with Crippen molar-refractivity contribution < 1.29 is 0 Å². The average Bonchev–Trinajstić information content (AvgIpc) is 1.82. The Morgan fingerprint density at radius 2 is 1.92 bits per heavy atom. The summed E-state index contributed by atoms with van der Waals surface area (Å²) in [5, 5.41) is 0. The average molecular weight is 164 g/mol. The van der Waals surface area contributed by atoms with Crippen LogP contribution in [0, 0.1) is 20.8 Å². The van der Waals surface area contributed by atoms with Crippen LogP contribution in [0.25, 0.3) is 0 Å². The second-order valence-electron chi connectivity index (χ2n) is 3.37. The van der Waals surface area contributed by atoms with Gasteiger partial charge in [0, 0.05) is 17.4 Å². The van der Waals surface area contributed by atoms with Gasteiger partial charge in [0.1, 0.15) is 0 Å². The molecule has 0 aromatic carbocycles. The topological polar surface area (TPSA) is 38.9 Å². The molecule has 1 rings (SSSR count). The lowest BCUT2D eigenvalue weighted by Gasteiger charge is -2.13. The summed E-state index contributed by atoms with van der Waals surface area (Å²) in [6.07, 6.45) is 0. The smallest absolute Gasteiger partial charge is 0.0426 e. The Bertz CT molecular complexity index is 267. The third kappa shape index (κ3) is 1.64. The van der Waals surface area contributed by atoms with E-state index in [9.17, 15) is 0 Å². The van der Waals surface area contributed by atoms with Crippen LogP contribution in [0.4, 0.5) is 0 Å². The minimum Gasteiger partial charge on any atom is -0.324 e. The first kappa shape index (κ1) is 9.20. The first-order chi connectivity index (χ1) is 5.52. The number of nitrogens with two attached hydrogens (primary N) is 1. The maximum Gasteiger partial charge on any atom is 0.0426 e. The summed E-state index contributed by atoms with van der Waals surface area (Å²) >= 11 is 0. The highest BCUT2D eigenvalue weighted by molar-refractivity contribution is 5.32. The third-order valence-electron chi connectivity index (χ3n) is 2.04. The van der Waals surface area contributed by atoms with E-state index in [-0.39, 0.29) is 6.04 Å². The van der Waals surface area contributed by atoms with Crippen LogP contribution in [0.3, 0.4) is 0 Å². The van der Waals surface area contributed by atoms with Gasteiger partial charge in [-0.3, -0.25) is 4.98 Å². The molecule has 0 fully saturated rings. The summed E-state index contributed by atoms with van der Waals surface area (Å²) in [5.74, 6) is 0. The second kappa shape index (κ2) is 3.23. The van der Waals surface area contributed by atoms with Crippen molar-refractivity contribution in [1.82, 2.24) is 4.98 Å². The van der Waals surface area contributed by atoms with Gasteiger partial charge in [0.15, 0.2) is 0 Å².